The molecule has 4 aromatic carbocycles. The van der Waals surface area contributed by atoms with Gasteiger partial charge in [-0.15, -0.1) is 0 Å². The molecule has 0 saturated carbocycles. The SMILES string of the molecule is CC(C)(C)c1cc(CC(c2ccc(C(C)(C)c3ccc(O)c(F)c3)cc2)c2ccc(O)c(C(C)(C)C)c2)ccc1O. The lowest BCUT2D eigenvalue weighted by Crippen LogP contribution is -2.19. The van der Waals surface area contributed by atoms with Crippen LogP contribution in [-0.2, 0) is 22.7 Å². The van der Waals surface area contributed by atoms with Gasteiger partial charge < -0.3 is 15.3 Å². The molecule has 4 aromatic rings. The van der Waals surface area contributed by atoms with E-state index < -0.39 is 11.2 Å². The van der Waals surface area contributed by atoms with Gasteiger partial charge in [-0.3, -0.25) is 0 Å². The van der Waals surface area contributed by atoms with Crippen molar-refractivity contribution in [3.63, 3.8) is 0 Å². The molecule has 0 aliphatic rings. The van der Waals surface area contributed by atoms with Crippen LogP contribution in [0.5, 0.6) is 17.2 Å². The van der Waals surface area contributed by atoms with Crippen molar-refractivity contribution in [1.82, 2.24) is 0 Å². The van der Waals surface area contributed by atoms with E-state index in [0.29, 0.717) is 12.2 Å². The molecule has 4 heteroatoms. The Morgan fingerprint density at radius 3 is 1.61 bits per heavy atom. The van der Waals surface area contributed by atoms with Gasteiger partial charge in [-0.1, -0.05) is 110 Å². The Morgan fingerprint density at radius 1 is 0.561 bits per heavy atom. The fourth-order valence-corrected chi connectivity index (χ4v) is 5.54. The highest BCUT2D eigenvalue weighted by molar-refractivity contribution is 5.48. The molecule has 41 heavy (non-hydrogen) atoms. The Morgan fingerprint density at radius 2 is 1.05 bits per heavy atom. The third-order valence-electron chi connectivity index (χ3n) is 8.24. The predicted octanol–water partition coefficient (Wildman–Crippen LogP) is 9.24. The molecule has 0 aromatic heterocycles. The molecule has 0 spiro atoms. The summed E-state index contributed by atoms with van der Waals surface area (Å²) in [6.45, 7) is 16.7. The second kappa shape index (κ2) is 10.9. The molecule has 0 radical (unpaired) electrons. The number of aromatic hydroxyl groups is 3. The smallest absolute Gasteiger partial charge is 0.165 e. The molecule has 0 heterocycles. The zero-order valence-electron chi connectivity index (χ0n) is 25.5. The number of halogens is 1. The molecule has 0 amide bonds. The molecule has 0 fully saturated rings. The largest absolute Gasteiger partial charge is 0.508 e. The zero-order valence-corrected chi connectivity index (χ0v) is 25.5. The normalized spacial score (nSPS) is 13.3. The minimum Gasteiger partial charge on any atom is -0.508 e. The first-order chi connectivity index (χ1) is 19.0. The number of hydrogen-bond acceptors (Lipinski definition) is 3. The van der Waals surface area contributed by atoms with E-state index >= 15 is 0 Å². The van der Waals surface area contributed by atoms with E-state index in [2.05, 4.69) is 77.9 Å². The highest BCUT2D eigenvalue weighted by atomic mass is 19.1. The summed E-state index contributed by atoms with van der Waals surface area (Å²) in [5.41, 5.74) is 6.06. The first kappa shape index (κ1) is 30.2. The van der Waals surface area contributed by atoms with Crippen molar-refractivity contribution in [2.24, 2.45) is 0 Å². The molecule has 0 aliphatic carbocycles. The Hall–Kier alpha value is -3.79. The van der Waals surface area contributed by atoms with Crippen molar-refractivity contribution in [2.45, 2.75) is 84.0 Å². The van der Waals surface area contributed by atoms with Crippen molar-refractivity contribution in [1.29, 1.82) is 0 Å². The van der Waals surface area contributed by atoms with Gasteiger partial charge >= 0.3 is 0 Å². The molecular formula is C37H43FO3. The molecule has 0 saturated heterocycles. The monoisotopic (exact) mass is 554 g/mol. The van der Waals surface area contributed by atoms with Crippen molar-refractivity contribution in [3.05, 3.63) is 124 Å². The van der Waals surface area contributed by atoms with Gasteiger partial charge in [0.25, 0.3) is 0 Å². The summed E-state index contributed by atoms with van der Waals surface area (Å²) >= 11 is 0. The third-order valence-corrected chi connectivity index (χ3v) is 8.24. The van der Waals surface area contributed by atoms with Crippen LogP contribution >= 0.6 is 0 Å². The summed E-state index contributed by atoms with van der Waals surface area (Å²) < 4.78 is 14.2. The second-order valence-corrected chi connectivity index (χ2v) is 13.8. The second-order valence-electron chi connectivity index (χ2n) is 13.8. The van der Waals surface area contributed by atoms with Crippen LogP contribution in [0.25, 0.3) is 0 Å². The van der Waals surface area contributed by atoms with Crippen molar-refractivity contribution < 1.29 is 19.7 Å². The Bertz CT molecular complexity index is 1540. The summed E-state index contributed by atoms with van der Waals surface area (Å²) in [6, 6.07) is 24.8. The highest BCUT2D eigenvalue weighted by Gasteiger charge is 2.27. The minimum atomic E-state index is -0.627. The molecule has 1 atom stereocenters. The van der Waals surface area contributed by atoms with Gasteiger partial charge in [0, 0.05) is 11.3 Å². The topological polar surface area (TPSA) is 60.7 Å². The van der Waals surface area contributed by atoms with Gasteiger partial charge in [-0.2, -0.15) is 0 Å². The highest BCUT2D eigenvalue weighted by Crippen LogP contribution is 2.39. The van der Waals surface area contributed by atoms with Crippen LogP contribution in [0.4, 0.5) is 4.39 Å². The van der Waals surface area contributed by atoms with Crippen molar-refractivity contribution in [3.8, 4) is 17.2 Å². The van der Waals surface area contributed by atoms with Crippen LogP contribution < -0.4 is 0 Å². The number of hydrogen-bond donors (Lipinski definition) is 3. The van der Waals surface area contributed by atoms with Crippen molar-refractivity contribution >= 4 is 0 Å². The van der Waals surface area contributed by atoms with Crippen LogP contribution in [0, 0.1) is 5.82 Å². The molecule has 3 nitrogen and oxygen atoms in total. The van der Waals surface area contributed by atoms with Crippen LogP contribution in [0.1, 0.15) is 100 Å². The first-order valence-corrected chi connectivity index (χ1v) is 14.2. The summed E-state index contributed by atoms with van der Waals surface area (Å²) in [5, 5.41) is 30.9. The van der Waals surface area contributed by atoms with E-state index in [1.165, 1.54) is 12.1 Å². The predicted molar refractivity (Wildman–Crippen MR) is 166 cm³/mol. The molecule has 0 bridgehead atoms. The summed E-state index contributed by atoms with van der Waals surface area (Å²) in [7, 11) is 0. The molecule has 216 valence electrons. The van der Waals surface area contributed by atoms with Crippen LogP contribution in [0.3, 0.4) is 0 Å². The van der Waals surface area contributed by atoms with Gasteiger partial charge in [-0.25, -0.2) is 4.39 Å². The summed E-state index contributed by atoms with van der Waals surface area (Å²) in [4.78, 5) is 0. The van der Waals surface area contributed by atoms with Gasteiger partial charge in [0.05, 0.1) is 0 Å². The summed E-state index contributed by atoms with van der Waals surface area (Å²) in [6.07, 6.45) is 0.712. The molecular weight excluding hydrogens is 511 g/mol. The van der Waals surface area contributed by atoms with E-state index in [1.54, 1.807) is 18.2 Å². The molecule has 0 aliphatic heterocycles. The van der Waals surface area contributed by atoms with E-state index in [0.717, 1.165) is 38.9 Å². The minimum absolute atomic E-state index is 0.00246. The average molecular weight is 555 g/mol. The van der Waals surface area contributed by atoms with Crippen LogP contribution in [-0.4, -0.2) is 15.3 Å². The fraction of sp³-hybridized carbons (Fsp3) is 0.351. The van der Waals surface area contributed by atoms with E-state index in [4.69, 9.17) is 0 Å². The Kier molecular flexibility index (Phi) is 8.01. The van der Waals surface area contributed by atoms with E-state index in [1.807, 2.05) is 26.0 Å². The number of rotatable bonds is 6. The standard InChI is InChI=1S/C37H43FO3/c1-35(2,3)29-20-23(9-16-32(29)39)19-28(25-12-17-33(40)30(21-25)36(4,5)6)24-10-13-26(14-11-24)37(7,8)27-15-18-34(41)31(38)22-27/h9-18,20-22,28,39-41H,19H2,1-8H3. The third kappa shape index (κ3) is 6.43. The van der Waals surface area contributed by atoms with Gasteiger partial charge in [0.1, 0.15) is 11.5 Å². The fourth-order valence-electron chi connectivity index (χ4n) is 5.54. The Balaban J connectivity index is 1.79. The number of phenols is 3. The lowest BCUT2D eigenvalue weighted by Gasteiger charge is -2.28. The maximum Gasteiger partial charge on any atom is 0.165 e. The summed E-state index contributed by atoms with van der Waals surface area (Å²) in [5.74, 6) is -0.391. The quantitative estimate of drug-likeness (QED) is 0.223. The first-order valence-electron chi connectivity index (χ1n) is 14.2. The van der Waals surface area contributed by atoms with Gasteiger partial charge in [0.15, 0.2) is 11.6 Å². The van der Waals surface area contributed by atoms with E-state index in [9.17, 15) is 19.7 Å². The van der Waals surface area contributed by atoms with Gasteiger partial charge in [-0.05, 0) is 80.5 Å². The van der Waals surface area contributed by atoms with Gasteiger partial charge in [0.2, 0.25) is 0 Å². The Labute approximate surface area is 244 Å². The number of benzene rings is 4. The van der Waals surface area contributed by atoms with Crippen molar-refractivity contribution in [2.75, 3.05) is 0 Å². The van der Waals surface area contributed by atoms with Crippen LogP contribution in [0.15, 0.2) is 78.9 Å². The van der Waals surface area contributed by atoms with Crippen LogP contribution in [0.2, 0.25) is 0 Å². The molecule has 3 N–H and O–H groups in total. The van der Waals surface area contributed by atoms with E-state index in [-0.39, 0.29) is 28.2 Å². The maximum absolute atomic E-state index is 14.2. The molecule has 1 unspecified atom stereocenters. The zero-order chi connectivity index (χ0) is 30.3. The number of phenolic OH excluding ortho intramolecular Hbond substituents is 3. The lowest BCUT2D eigenvalue weighted by atomic mass is 9.76. The average Bonchev–Trinajstić information content (AvgIpc) is 2.89. The maximum atomic E-state index is 14.2. The lowest BCUT2D eigenvalue weighted by molar-refractivity contribution is 0.430. The molecule has 4 rings (SSSR count).